The molecule has 3 aromatic rings. The maximum atomic E-state index is 12.4. The largest absolute Gasteiger partial charge is 0.394 e. The number of aromatic nitrogens is 4. The topological polar surface area (TPSA) is 102 Å². The molecule has 0 bridgehead atoms. The van der Waals surface area contributed by atoms with Gasteiger partial charge >= 0.3 is 0 Å². The Labute approximate surface area is 137 Å². The summed E-state index contributed by atoms with van der Waals surface area (Å²) in [5, 5.41) is 16.0. The van der Waals surface area contributed by atoms with Crippen molar-refractivity contribution in [1.29, 1.82) is 0 Å². The van der Waals surface area contributed by atoms with E-state index in [1.54, 1.807) is 12.1 Å². The van der Waals surface area contributed by atoms with Gasteiger partial charge in [-0.1, -0.05) is 17.7 Å². The van der Waals surface area contributed by atoms with Crippen LogP contribution in [-0.2, 0) is 17.9 Å². The van der Waals surface area contributed by atoms with E-state index in [-0.39, 0.29) is 31.2 Å². The van der Waals surface area contributed by atoms with E-state index >= 15 is 0 Å². The van der Waals surface area contributed by atoms with Gasteiger partial charge in [-0.2, -0.15) is 5.10 Å². The zero-order valence-electron chi connectivity index (χ0n) is 13.1. The molecule has 0 aliphatic heterocycles. The molecule has 8 nitrogen and oxygen atoms in total. The normalized spacial score (nSPS) is 10.9. The number of nitrogens with zero attached hydrogens (tertiary/aromatic N) is 4. The smallest absolute Gasteiger partial charge is 0.264 e. The molecule has 0 atom stereocenters. The van der Waals surface area contributed by atoms with Gasteiger partial charge in [0.15, 0.2) is 5.65 Å². The van der Waals surface area contributed by atoms with Crippen molar-refractivity contribution in [3.63, 3.8) is 0 Å². The monoisotopic (exact) mass is 327 g/mol. The fraction of sp³-hybridized carbons (Fsp3) is 0.250. The minimum atomic E-state index is -0.344. The molecule has 8 heteroatoms. The van der Waals surface area contributed by atoms with Gasteiger partial charge in [-0.05, 0) is 19.1 Å². The van der Waals surface area contributed by atoms with Crippen molar-refractivity contribution >= 4 is 22.6 Å². The van der Waals surface area contributed by atoms with Crippen LogP contribution >= 0.6 is 0 Å². The number of aryl methyl sites for hydroxylation is 1. The molecule has 2 N–H and O–H groups in total. The molecule has 1 aromatic carbocycles. The van der Waals surface area contributed by atoms with Crippen LogP contribution in [0.15, 0.2) is 41.6 Å². The predicted octanol–water partition coefficient (Wildman–Crippen LogP) is 0.532. The summed E-state index contributed by atoms with van der Waals surface area (Å²) in [5.74, 6) is -0.315. The van der Waals surface area contributed by atoms with Crippen molar-refractivity contribution in [3.8, 4) is 0 Å². The molecule has 0 saturated heterocycles. The van der Waals surface area contributed by atoms with E-state index in [0.717, 1.165) is 5.56 Å². The van der Waals surface area contributed by atoms with Crippen molar-refractivity contribution in [2.24, 2.45) is 0 Å². The molecule has 0 aliphatic carbocycles. The van der Waals surface area contributed by atoms with Gasteiger partial charge in [-0.3, -0.25) is 14.2 Å². The number of aliphatic hydroxyl groups excluding tert-OH is 1. The van der Waals surface area contributed by atoms with Gasteiger partial charge in [0.1, 0.15) is 18.3 Å². The highest BCUT2D eigenvalue weighted by atomic mass is 16.3. The molecular weight excluding hydrogens is 310 g/mol. The summed E-state index contributed by atoms with van der Waals surface area (Å²) >= 11 is 0. The molecule has 0 radical (unpaired) electrons. The minimum Gasteiger partial charge on any atom is -0.394 e. The number of aliphatic hydroxyl groups is 1. The summed E-state index contributed by atoms with van der Waals surface area (Å²) in [4.78, 5) is 28.7. The Morgan fingerprint density at radius 3 is 2.75 bits per heavy atom. The average Bonchev–Trinajstić information content (AvgIpc) is 2.97. The molecule has 24 heavy (non-hydrogen) atoms. The third kappa shape index (κ3) is 3.18. The van der Waals surface area contributed by atoms with Crippen molar-refractivity contribution in [3.05, 3.63) is 52.7 Å². The molecule has 2 aromatic heterocycles. The van der Waals surface area contributed by atoms with Crippen LogP contribution < -0.4 is 10.9 Å². The molecule has 0 unspecified atom stereocenters. The molecule has 124 valence electrons. The Bertz CT molecular complexity index is 927. The highest BCUT2D eigenvalue weighted by molar-refractivity contribution is 5.90. The van der Waals surface area contributed by atoms with Crippen LogP contribution in [0.3, 0.4) is 0 Å². The summed E-state index contributed by atoms with van der Waals surface area (Å²) in [7, 11) is 0. The van der Waals surface area contributed by atoms with Gasteiger partial charge in [0.25, 0.3) is 5.56 Å². The Balaban J connectivity index is 1.79. The van der Waals surface area contributed by atoms with Crippen LogP contribution in [0.5, 0.6) is 0 Å². The minimum absolute atomic E-state index is 0.0967. The molecular formula is C16H17N5O3. The Kier molecular flexibility index (Phi) is 4.39. The fourth-order valence-electron chi connectivity index (χ4n) is 2.36. The number of carbonyl (C=O) groups excluding carboxylic acids is 1. The van der Waals surface area contributed by atoms with E-state index in [1.807, 2.05) is 19.1 Å². The average molecular weight is 327 g/mol. The molecule has 2 heterocycles. The van der Waals surface area contributed by atoms with Crippen LogP contribution in [0.1, 0.15) is 5.56 Å². The third-order valence-electron chi connectivity index (χ3n) is 3.58. The zero-order valence-corrected chi connectivity index (χ0v) is 13.1. The maximum absolute atomic E-state index is 12.4. The van der Waals surface area contributed by atoms with Crippen LogP contribution in [0.2, 0.25) is 0 Å². The number of hydrogen-bond acceptors (Lipinski definition) is 5. The van der Waals surface area contributed by atoms with Gasteiger partial charge in [0.05, 0.1) is 19.3 Å². The summed E-state index contributed by atoms with van der Waals surface area (Å²) in [5.41, 5.74) is 1.81. The lowest BCUT2D eigenvalue weighted by atomic mass is 10.2. The first-order valence-corrected chi connectivity index (χ1v) is 7.47. The number of nitrogens with one attached hydrogen (secondary N) is 1. The van der Waals surface area contributed by atoms with Crippen molar-refractivity contribution in [2.75, 3.05) is 11.9 Å². The SMILES string of the molecule is Cc1ccc(NC(=O)Cn2cnc3c(cnn3CCO)c2=O)cc1. The second-order valence-electron chi connectivity index (χ2n) is 5.42. The predicted molar refractivity (Wildman–Crippen MR) is 88.7 cm³/mol. The van der Waals surface area contributed by atoms with E-state index in [9.17, 15) is 9.59 Å². The van der Waals surface area contributed by atoms with E-state index in [2.05, 4.69) is 15.4 Å². The van der Waals surface area contributed by atoms with Gasteiger partial charge in [0.2, 0.25) is 5.91 Å². The first-order chi connectivity index (χ1) is 11.6. The van der Waals surface area contributed by atoms with E-state index in [4.69, 9.17) is 5.11 Å². The van der Waals surface area contributed by atoms with Crippen molar-refractivity contribution < 1.29 is 9.90 Å². The molecule has 0 aliphatic rings. The summed E-state index contributed by atoms with van der Waals surface area (Å²) in [6.45, 7) is 1.98. The number of anilines is 1. The second kappa shape index (κ2) is 6.63. The molecule has 0 spiro atoms. The lowest BCUT2D eigenvalue weighted by Crippen LogP contribution is -2.27. The molecule has 1 amide bonds. The van der Waals surface area contributed by atoms with Gasteiger partial charge in [0, 0.05) is 5.69 Å². The number of rotatable bonds is 5. The van der Waals surface area contributed by atoms with Gasteiger partial charge in [-0.15, -0.1) is 0 Å². The quantitative estimate of drug-likeness (QED) is 0.712. The number of carbonyl (C=O) groups is 1. The van der Waals surface area contributed by atoms with E-state index in [1.165, 1.54) is 21.8 Å². The second-order valence-corrected chi connectivity index (χ2v) is 5.42. The van der Waals surface area contributed by atoms with E-state index in [0.29, 0.717) is 16.7 Å². The number of hydrogen-bond donors (Lipinski definition) is 2. The Morgan fingerprint density at radius 2 is 2.04 bits per heavy atom. The van der Waals surface area contributed by atoms with Crippen molar-refractivity contribution in [2.45, 2.75) is 20.0 Å². The molecule has 0 saturated carbocycles. The Morgan fingerprint density at radius 1 is 1.29 bits per heavy atom. The summed E-state index contributed by atoms with van der Waals surface area (Å²) in [6, 6.07) is 7.39. The standard InChI is InChI=1S/C16H17N5O3/c1-11-2-4-12(5-3-11)19-14(23)9-20-10-17-15-13(16(20)24)8-18-21(15)6-7-22/h2-5,8,10,22H,6-7,9H2,1H3,(H,19,23). The first kappa shape index (κ1) is 15.9. The van der Waals surface area contributed by atoms with Crippen LogP contribution in [0, 0.1) is 6.92 Å². The molecule has 0 fully saturated rings. The highest BCUT2D eigenvalue weighted by Gasteiger charge is 2.12. The fourth-order valence-corrected chi connectivity index (χ4v) is 2.36. The van der Waals surface area contributed by atoms with Gasteiger partial charge < -0.3 is 10.4 Å². The number of amides is 1. The third-order valence-corrected chi connectivity index (χ3v) is 3.58. The first-order valence-electron chi connectivity index (χ1n) is 7.47. The molecule has 3 rings (SSSR count). The summed E-state index contributed by atoms with van der Waals surface area (Å²) in [6.07, 6.45) is 2.71. The van der Waals surface area contributed by atoms with Crippen LogP contribution in [0.25, 0.3) is 11.0 Å². The summed E-state index contributed by atoms with van der Waals surface area (Å²) < 4.78 is 2.68. The van der Waals surface area contributed by atoms with Crippen LogP contribution in [-0.4, -0.2) is 37.0 Å². The number of benzene rings is 1. The van der Waals surface area contributed by atoms with Crippen molar-refractivity contribution in [1.82, 2.24) is 19.3 Å². The lowest BCUT2D eigenvalue weighted by Gasteiger charge is -2.07. The zero-order chi connectivity index (χ0) is 17.1. The Hall–Kier alpha value is -3.00. The van der Waals surface area contributed by atoms with Crippen LogP contribution in [0.4, 0.5) is 5.69 Å². The van der Waals surface area contributed by atoms with Gasteiger partial charge in [-0.25, -0.2) is 9.67 Å². The lowest BCUT2D eigenvalue weighted by molar-refractivity contribution is -0.116. The maximum Gasteiger partial charge on any atom is 0.264 e. The van der Waals surface area contributed by atoms with E-state index < -0.39 is 0 Å². The highest BCUT2D eigenvalue weighted by Crippen LogP contribution is 2.09. The number of fused-ring (bicyclic) bond motifs is 1.